The lowest BCUT2D eigenvalue weighted by atomic mass is 10.0. The van der Waals surface area contributed by atoms with E-state index in [9.17, 15) is 0 Å². The Morgan fingerprint density at radius 1 is 0.690 bits per heavy atom. The highest BCUT2D eigenvalue weighted by molar-refractivity contribution is 6.02. The molecule has 0 aliphatic heterocycles. The summed E-state index contributed by atoms with van der Waals surface area (Å²) in [6, 6.07) is 17.7. The molecule has 29 heavy (non-hydrogen) atoms. The molecule has 1 aliphatic rings. The highest BCUT2D eigenvalue weighted by Crippen LogP contribution is 2.24. The van der Waals surface area contributed by atoms with Crippen LogP contribution >= 0.6 is 0 Å². The van der Waals surface area contributed by atoms with Crippen LogP contribution in [-0.4, -0.2) is 36.5 Å². The molecule has 0 saturated heterocycles. The Labute approximate surface area is 176 Å². The molecule has 0 fully saturated rings. The molecule has 3 rings (SSSR count). The molecule has 0 spiro atoms. The summed E-state index contributed by atoms with van der Waals surface area (Å²) in [5, 5.41) is 0. The molecular weight excluding hydrogens is 352 g/mol. The zero-order chi connectivity index (χ0) is 20.6. The van der Waals surface area contributed by atoms with Gasteiger partial charge in [-0.05, 0) is 80.3 Å². The topological polar surface area (TPSA) is 6.25 Å². The van der Waals surface area contributed by atoms with Gasteiger partial charge in [-0.3, -0.25) is 0 Å². The van der Waals surface area contributed by atoms with Crippen LogP contribution in [0.5, 0.6) is 0 Å². The van der Waals surface area contributed by atoms with E-state index in [0.717, 1.165) is 26.2 Å². The van der Waals surface area contributed by atoms with Crippen LogP contribution in [0.15, 0.2) is 78.4 Å². The first-order valence-corrected chi connectivity index (χ1v) is 10.8. The lowest BCUT2D eigenvalue weighted by Crippen LogP contribution is -2.21. The lowest BCUT2D eigenvalue weighted by molar-refractivity contribution is -0.519. The Hall–Kier alpha value is -2.87. The van der Waals surface area contributed by atoms with E-state index < -0.39 is 0 Å². The van der Waals surface area contributed by atoms with Gasteiger partial charge in [-0.15, -0.1) is 0 Å². The molecule has 0 bridgehead atoms. The lowest BCUT2D eigenvalue weighted by Gasteiger charge is -2.21. The van der Waals surface area contributed by atoms with E-state index in [1.54, 1.807) is 0 Å². The van der Waals surface area contributed by atoms with Gasteiger partial charge in [0.25, 0.3) is 0 Å². The molecule has 0 atom stereocenters. The Bertz CT molecular complexity index is 898. The van der Waals surface area contributed by atoms with Crippen LogP contribution in [0, 0.1) is 0 Å². The summed E-state index contributed by atoms with van der Waals surface area (Å²) in [5.41, 5.74) is 7.55. The molecular formula is C27H33N2+. The van der Waals surface area contributed by atoms with Crippen LogP contribution in [-0.2, 0) is 0 Å². The van der Waals surface area contributed by atoms with Crippen molar-refractivity contribution in [2.45, 2.75) is 27.7 Å². The standard InChI is InChI=1S/C27H33N2/c1-5-28(6-2)26-17-11-23(12-18-26)21-22-9-13-24(14-10-22)25-15-19-27(20-16-25)29(7-3)8-4/h9-21H,5-8H2,1-4H3/q+1. The van der Waals surface area contributed by atoms with Crippen LogP contribution in [0.25, 0.3) is 17.2 Å². The van der Waals surface area contributed by atoms with E-state index in [2.05, 4.69) is 116 Å². The fraction of sp³-hybridized carbons (Fsp3) is 0.296. The molecule has 0 aromatic heterocycles. The van der Waals surface area contributed by atoms with Crippen LogP contribution in [0.4, 0.5) is 5.69 Å². The average molecular weight is 386 g/mol. The van der Waals surface area contributed by atoms with E-state index in [4.69, 9.17) is 0 Å². The molecule has 0 radical (unpaired) electrons. The second kappa shape index (κ2) is 10.1. The maximum atomic E-state index is 2.37. The van der Waals surface area contributed by atoms with Gasteiger partial charge in [-0.25, -0.2) is 4.58 Å². The smallest absolute Gasteiger partial charge is 0.199 e. The third-order valence-corrected chi connectivity index (χ3v) is 5.59. The third-order valence-electron chi connectivity index (χ3n) is 5.59. The number of rotatable bonds is 7. The van der Waals surface area contributed by atoms with E-state index in [1.807, 2.05) is 0 Å². The monoisotopic (exact) mass is 385 g/mol. The quantitative estimate of drug-likeness (QED) is 0.514. The summed E-state index contributed by atoms with van der Waals surface area (Å²) in [7, 11) is 0. The first kappa shape index (κ1) is 20.9. The normalized spacial score (nSPS) is 13.0. The Balaban J connectivity index is 1.73. The Morgan fingerprint density at radius 3 is 1.69 bits per heavy atom. The van der Waals surface area contributed by atoms with Crippen molar-refractivity contribution in [1.82, 2.24) is 0 Å². The Morgan fingerprint density at radius 2 is 1.21 bits per heavy atom. The summed E-state index contributed by atoms with van der Waals surface area (Å²) in [5.74, 6) is 0. The maximum absolute atomic E-state index is 2.37. The number of hydrogen-bond donors (Lipinski definition) is 0. The molecule has 2 heteroatoms. The number of anilines is 1. The minimum Gasteiger partial charge on any atom is -0.372 e. The third kappa shape index (κ3) is 5.14. The predicted molar refractivity (Wildman–Crippen MR) is 128 cm³/mol. The number of hydrogen-bond acceptors (Lipinski definition) is 1. The number of nitrogens with zero attached hydrogens (tertiary/aromatic N) is 2. The fourth-order valence-electron chi connectivity index (χ4n) is 3.79. The zero-order valence-corrected chi connectivity index (χ0v) is 18.2. The van der Waals surface area contributed by atoms with Gasteiger partial charge in [-0.2, -0.15) is 0 Å². The molecule has 150 valence electrons. The van der Waals surface area contributed by atoms with Crippen molar-refractivity contribution >= 4 is 17.5 Å². The van der Waals surface area contributed by atoms with Crippen LogP contribution in [0.3, 0.4) is 0 Å². The molecule has 2 nitrogen and oxygen atoms in total. The van der Waals surface area contributed by atoms with Gasteiger partial charge >= 0.3 is 0 Å². The van der Waals surface area contributed by atoms with Crippen molar-refractivity contribution in [3.63, 3.8) is 0 Å². The van der Waals surface area contributed by atoms with Crippen molar-refractivity contribution in [1.29, 1.82) is 0 Å². The maximum Gasteiger partial charge on any atom is 0.199 e. The highest BCUT2D eigenvalue weighted by atomic mass is 15.1. The molecule has 0 saturated carbocycles. The van der Waals surface area contributed by atoms with Gasteiger partial charge < -0.3 is 4.90 Å². The highest BCUT2D eigenvalue weighted by Gasteiger charge is 2.08. The summed E-state index contributed by atoms with van der Waals surface area (Å²) >= 11 is 0. The second-order valence-electron chi connectivity index (χ2n) is 7.25. The largest absolute Gasteiger partial charge is 0.372 e. The van der Waals surface area contributed by atoms with E-state index in [0.29, 0.717) is 0 Å². The number of allylic oxidation sites excluding steroid dienone is 5. The molecule has 0 N–H and O–H groups in total. The first-order chi connectivity index (χ1) is 14.2. The SMILES string of the molecule is CCN(CC)c1ccc(-c2ccc(C=C3C=CC(=[N+](CC)CC)C=C3)cc2)cc1. The average Bonchev–Trinajstić information content (AvgIpc) is 2.78. The minimum absolute atomic E-state index is 1.04. The van der Waals surface area contributed by atoms with Crippen LogP contribution in [0.1, 0.15) is 33.3 Å². The van der Waals surface area contributed by atoms with Crippen LogP contribution < -0.4 is 4.90 Å². The fourth-order valence-corrected chi connectivity index (χ4v) is 3.79. The summed E-state index contributed by atoms with van der Waals surface area (Å²) < 4.78 is 2.37. The van der Waals surface area contributed by atoms with Gasteiger partial charge in [0.2, 0.25) is 0 Å². The van der Waals surface area contributed by atoms with Gasteiger partial charge in [0.05, 0.1) is 0 Å². The van der Waals surface area contributed by atoms with E-state index >= 15 is 0 Å². The van der Waals surface area contributed by atoms with Gasteiger partial charge in [0, 0.05) is 30.9 Å². The summed E-state index contributed by atoms with van der Waals surface area (Å²) in [4.78, 5) is 2.37. The molecule has 0 unspecified atom stereocenters. The Kier molecular flexibility index (Phi) is 7.24. The zero-order valence-electron chi connectivity index (χ0n) is 18.2. The summed E-state index contributed by atoms with van der Waals surface area (Å²) in [6.45, 7) is 12.9. The van der Waals surface area contributed by atoms with Gasteiger partial charge in [0.1, 0.15) is 13.1 Å². The molecule has 0 heterocycles. The van der Waals surface area contributed by atoms with Gasteiger partial charge in [0.15, 0.2) is 5.71 Å². The molecule has 1 aliphatic carbocycles. The second-order valence-corrected chi connectivity index (χ2v) is 7.25. The molecule has 0 amide bonds. The van der Waals surface area contributed by atoms with Crippen molar-refractivity contribution in [2.75, 3.05) is 31.1 Å². The first-order valence-electron chi connectivity index (χ1n) is 10.8. The van der Waals surface area contributed by atoms with E-state index in [-0.39, 0.29) is 0 Å². The van der Waals surface area contributed by atoms with Gasteiger partial charge in [-0.1, -0.05) is 36.4 Å². The van der Waals surface area contributed by atoms with Crippen molar-refractivity contribution < 1.29 is 4.58 Å². The van der Waals surface area contributed by atoms with E-state index in [1.165, 1.54) is 33.7 Å². The molecule has 2 aromatic carbocycles. The molecule has 2 aromatic rings. The van der Waals surface area contributed by atoms with Crippen molar-refractivity contribution in [2.24, 2.45) is 0 Å². The van der Waals surface area contributed by atoms with Crippen molar-refractivity contribution in [3.8, 4) is 11.1 Å². The summed E-state index contributed by atoms with van der Waals surface area (Å²) in [6.07, 6.45) is 11.1. The minimum atomic E-state index is 1.04. The van der Waals surface area contributed by atoms with Crippen molar-refractivity contribution in [3.05, 3.63) is 84.0 Å². The predicted octanol–water partition coefficient (Wildman–Crippen LogP) is 6.20. The number of benzene rings is 2. The van der Waals surface area contributed by atoms with Crippen LogP contribution in [0.2, 0.25) is 0 Å².